The van der Waals surface area contributed by atoms with Gasteiger partial charge in [0.2, 0.25) is 5.91 Å². The lowest BCUT2D eigenvalue weighted by molar-refractivity contribution is -0.302. The molecule has 0 radical (unpaired) electrons. The van der Waals surface area contributed by atoms with Crippen LogP contribution in [0.4, 0.5) is 0 Å². The number of esters is 1. The summed E-state index contributed by atoms with van der Waals surface area (Å²) in [5.74, 6) is -0.202. The van der Waals surface area contributed by atoms with Crippen molar-refractivity contribution in [3.8, 4) is 0 Å². The van der Waals surface area contributed by atoms with Crippen LogP contribution >= 0.6 is 0 Å². The molecule has 1 aliphatic heterocycles. The number of allylic oxidation sites excluding steroid dienone is 9. The van der Waals surface area contributed by atoms with Crippen LogP contribution in [-0.4, -0.2) is 100 Å². The smallest absolute Gasteiger partial charge is 0.305 e. The summed E-state index contributed by atoms with van der Waals surface area (Å²) in [7, 11) is 0. The Labute approximate surface area is 471 Å². The number of nitrogens with one attached hydrogen (secondary N) is 1. The van der Waals surface area contributed by atoms with Crippen molar-refractivity contribution < 1.29 is 49.3 Å². The molecule has 0 saturated carbocycles. The second-order valence-corrected chi connectivity index (χ2v) is 22.1. The topological polar surface area (TPSA) is 175 Å². The molecule has 1 rings (SSSR count). The highest BCUT2D eigenvalue weighted by molar-refractivity contribution is 5.76. The molecule has 1 saturated heterocycles. The van der Waals surface area contributed by atoms with Crippen molar-refractivity contribution in [1.29, 1.82) is 0 Å². The first kappa shape index (κ1) is 72.4. The number of rotatable bonds is 55. The van der Waals surface area contributed by atoms with E-state index < -0.39 is 49.5 Å². The fraction of sp³-hybridized carbons (Fsp3) is 0.818. The predicted octanol–water partition coefficient (Wildman–Crippen LogP) is 15.4. The first-order valence-corrected chi connectivity index (χ1v) is 32.0. The minimum Gasteiger partial charge on any atom is -0.466 e. The SMILES string of the molecule is C/C=C/CC/C=C/CC/C=C/C(O)C(COC1OC(CO)C(O)C(O)C1O)NC(=O)CCCCCCCCCCCCC/C=C\C/C=C\CCCCCCCCCCCOC(=O)CCCCCCCCCCCCCCC. The standard InChI is InChI=1S/C66H119NO10/c1-3-5-7-9-11-13-14-30-34-38-42-46-50-54-62(71)75-55-51-47-43-39-35-32-29-27-25-23-21-19-17-15-16-18-20-22-24-26-28-31-33-37-41-45-49-53-61(70)67-58(59(69)52-48-44-40-36-12-10-8-6-4-2)57-76-66-65(74)64(73)63(72)60(56-68)77-66/h4,6,12,15-16,19,21,36,48,52,58-60,63-66,68-69,72-74H,3,5,7-11,13-14,17-18,20,22-35,37-47,49-51,53-57H2,1-2H3,(H,67,70)/b6-4+,16-15-,21-19-,36-12+,52-48+. The first-order chi connectivity index (χ1) is 37.7. The minimum absolute atomic E-state index is 0.00145. The average molecular weight is 1090 g/mol. The van der Waals surface area contributed by atoms with E-state index in [1.807, 2.05) is 19.1 Å². The van der Waals surface area contributed by atoms with Crippen LogP contribution in [0.5, 0.6) is 0 Å². The number of hydrogen-bond donors (Lipinski definition) is 6. The molecule has 11 heteroatoms. The number of unbranched alkanes of at least 4 members (excludes halogenated alkanes) is 34. The second kappa shape index (κ2) is 55.3. The van der Waals surface area contributed by atoms with E-state index in [0.717, 1.165) is 77.0 Å². The number of amides is 1. The van der Waals surface area contributed by atoms with Crippen LogP contribution in [0, 0.1) is 0 Å². The van der Waals surface area contributed by atoms with Gasteiger partial charge in [0.05, 0.1) is 32.0 Å². The Kier molecular flexibility index (Phi) is 52.0. The Hall–Kier alpha value is -2.64. The van der Waals surface area contributed by atoms with Gasteiger partial charge in [-0.25, -0.2) is 0 Å². The molecule has 448 valence electrons. The highest BCUT2D eigenvalue weighted by Crippen LogP contribution is 2.23. The highest BCUT2D eigenvalue weighted by Gasteiger charge is 2.44. The molecule has 0 bridgehead atoms. The molecule has 6 N–H and O–H groups in total. The molecule has 0 aliphatic carbocycles. The van der Waals surface area contributed by atoms with Crippen LogP contribution in [0.2, 0.25) is 0 Å². The monoisotopic (exact) mass is 1090 g/mol. The van der Waals surface area contributed by atoms with Crippen molar-refractivity contribution in [3.05, 3.63) is 60.8 Å². The van der Waals surface area contributed by atoms with E-state index >= 15 is 0 Å². The Morgan fingerprint density at radius 1 is 0.506 bits per heavy atom. The van der Waals surface area contributed by atoms with E-state index in [1.54, 1.807) is 6.08 Å². The van der Waals surface area contributed by atoms with Gasteiger partial charge >= 0.3 is 5.97 Å². The molecule has 0 aromatic rings. The van der Waals surface area contributed by atoms with Crippen molar-refractivity contribution in [1.82, 2.24) is 5.32 Å². The molecule has 1 aliphatic rings. The first-order valence-electron chi connectivity index (χ1n) is 32.0. The van der Waals surface area contributed by atoms with Gasteiger partial charge in [-0.3, -0.25) is 9.59 Å². The van der Waals surface area contributed by atoms with Crippen molar-refractivity contribution in [2.75, 3.05) is 19.8 Å². The fourth-order valence-electron chi connectivity index (χ4n) is 9.86. The second-order valence-electron chi connectivity index (χ2n) is 22.1. The lowest BCUT2D eigenvalue weighted by Gasteiger charge is -2.40. The fourth-order valence-corrected chi connectivity index (χ4v) is 9.86. The van der Waals surface area contributed by atoms with Gasteiger partial charge in [0, 0.05) is 12.8 Å². The number of carbonyl (C=O) groups is 2. The van der Waals surface area contributed by atoms with Gasteiger partial charge in [-0.15, -0.1) is 0 Å². The van der Waals surface area contributed by atoms with E-state index in [9.17, 15) is 35.1 Å². The third-order valence-corrected chi connectivity index (χ3v) is 14.9. The molecule has 1 amide bonds. The van der Waals surface area contributed by atoms with Crippen molar-refractivity contribution >= 4 is 11.9 Å². The van der Waals surface area contributed by atoms with Gasteiger partial charge < -0.3 is 45.1 Å². The predicted molar refractivity (Wildman–Crippen MR) is 320 cm³/mol. The van der Waals surface area contributed by atoms with Crippen molar-refractivity contribution in [3.63, 3.8) is 0 Å². The molecule has 7 atom stereocenters. The Bertz CT molecular complexity index is 1460. The van der Waals surface area contributed by atoms with E-state index in [-0.39, 0.29) is 18.5 Å². The van der Waals surface area contributed by atoms with Gasteiger partial charge in [0.15, 0.2) is 6.29 Å². The third kappa shape index (κ3) is 44.8. The maximum Gasteiger partial charge on any atom is 0.305 e. The molecule has 0 aromatic carbocycles. The van der Waals surface area contributed by atoms with Crippen molar-refractivity contribution in [2.45, 2.75) is 326 Å². The van der Waals surface area contributed by atoms with Gasteiger partial charge in [-0.2, -0.15) is 0 Å². The largest absolute Gasteiger partial charge is 0.466 e. The summed E-state index contributed by atoms with van der Waals surface area (Å²) in [6.45, 7) is 4.09. The summed E-state index contributed by atoms with van der Waals surface area (Å²) in [4.78, 5) is 25.0. The molecule has 0 aromatic heterocycles. The summed E-state index contributed by atoms with van der Waals surface area (Å²) in [6.07, 6.45) is 62.3. The lowest BCUT2D eigenvalue weighted by Crippen LogP contribution is -2.60. The van der Waals surface area contributed by atoms with E-state index in [1.165, 1.54) is 180 Å². The number of aliphatic hydroxyl groups excluding tert-OH is 5. The number of ether oxygens (including phenoxy) is 3. The summed E-state index contributed by atoms with van der Waals surface area (Å²) >= 11 is 0. The molecule has 1 fully saturated rings. The average Bonchev–Trinajstić information content (AvgIpc) is 3.43. The van der Waals surface area contributed by atoms with Crippen LogP contribution < -0.4 is 5.32 Å². The van der Waals surface area contributed by atoms with Crippen LogP contribution in [0.25, 0.3) is 0 Å². The Morgan fingerprint density at radius 3 is 1.43 bits per heavy atom. The Morgan fingerprint density at radius 2 is 0.935 bits per heavy atom. The molecule has 1 heterocycles. The lowest BCUT2D eigenvalue weighted by atomic mass is 9.99. The normalized spacial score (nSPS) is 19.0. The van der Waals surface area contributed by atoms with E-state index in [0.29, 0.717) is 19.4 Å². The van der Waals surface area contributed by atoms with Gasteiger partial charge in [0.1, 0.15) is 24.4 Å². The minimum atomic E-state index is -1.58. The third-order valence-electron chi connectivity index (χ3n) is 14.9. The van der Waals surface area contributed by atoms with Gasteiger partial charge in [-0.1, -0.05) is 247 Å². The number of hydrogen-bond acceptors (Lipinski definition) is 10. The molecule has 0 spiro atoms. The summed E-state index contributed by atoms with van der Waals surface area (Å²) in [5.41, 5.74) is 0. The van der Waals surface area contributed by atoms with Crippen LogP contribution in [0.1, 0.15) is 284 Å². The maximum atomic E-state index is 13.0. The zero-order chi connectivity index (χ0) is 55.9. The van der Waals surface area contributed by atoms with E-state index in [4.69, 9.17) is 14.2 Å². The zero-order valence-corrected chi connectivity index (χ0v) is 49.4. The molecule has 7 unspecified atom stereocenters. The highest BCUT2D eigenvalue weighted by atomic mass is 16.7. The van der Waals surface area contributed by atoms with E-state index in [2.05, 4.69) is 54.8 Å². The van der Waals surface area contributed by atoms with Crippen molar-refractivity contribution in [2.24, 2.45) is 0 Å². The molecular weight excluding hydrogens is 967 g/mol. The Balaban J connectivity index is 1.98. The molecule has 77 heavy (non-hydrogen) atoms. The number of carbonyl (C=O) groups excluding carboxylic acids is 2. The van der Waals surface area contributed by atoms with Gasteiger partial charge in [-0.05, 0) is 84.0 Å². The summed E-state index contributed by atoms with van der Waals surface area (Å²) in [6, 6.07) is -0.837. The van der Waals surface area contributed by atoms with Crippen LogP contribution in [0.15, 0.2) is 60.8 Å². The molecule has 11 nitrogen and oxygen atoms in total. The zero-order valence-electron chi connectivity index (χ0n) is 49.4. The van der Waals surface area contributed by atoms with Gasteiger partial charge in [0.25, 0.3) is 0 Å². The maximum absolute atomic E-state index is 13.0. The van der Waals surface area contributed by atoms with Crippen LogP contribution in [-0.2, 0) is 23.8 Å². The number of aliphatic hydroxyl groups is 5. The quantitative estimate of drug-likeness (QED) is 0.0195. The van der Waals surface area contributed by atoms with Crippen LogP contribution in [0.3, 0.4) is 0 Å². The summed E-state index contributed by atoms with van der Waals surface area (Å²) in [5, 5.41) is 54.2. The summed E-state index contributed by atoms with van der Waals surface area (Å²) < 4.78 is 16.7. The molecular formula is C66H119NO10.